The van der Waals surface area contributed by atoms with Gasteiger partial charge in [-0.25, -0.2) is 4.98 Å². The van der Waals surface area contributed by atoms with E-state index >= 15 is 0 Å². The zero-order chi connectivity index (χ0) is 14.9. The van der Waals surface area contributed by atoms with Crippen LogP contribution in [0.2, 0.25) is 0 Å². The van der Waals surface area contributed by atoms with Crippen molar-refractivity contribution < 1.29 is 4.74 Å². The van der Waals surface area contributed by atoms with Gasteiger partial charge in [0.15, 0.2) is 0 Å². The molecule has 0 bridgehead atoms. The van der Waals surface area contributed by atoms with E-state index in [1.807, 2.05) is 48.7 Å². The van der Waals surface area contributed by atoms with Crippen molar-refractivity contribution in [2.24, 2.45) is 0 Å². The maximum absolute atomic E-state index is 5.45. The molecule has 4 aromatic rings. The van der Waals surface area contributed by atoms with Crippen LogP contribution >= 0.6 is 11.3 Å². The van der Waals surface area contributed by atoms with E-state index < -0.39 is 0 Å². The minimum absolute atomic E-state index is 0.814. The average molecular weight is 307 g/mol. The normalized spacial score (nSPS) is 11.0. The number of hydrogen-bond acceptors (Lipinski definition) is 4. The molecule has 22 heavy (non-hydrogen) atoms. The maximum atomic E-state index is 5.45. The smallest absolute Gasteiger partial charge is 0.128 e. The quantitative estimate of drug-likeness (QED) is 0.611. The van der Waals surface area contributed by atoms with E-state index in [-0.39, 0.29) is 0 Å². The molecule has 108 valence electrons. The third-order valence-electron chi connectivity index (χ3n) is 3.54. The minimum Gasteiger partial charge on any atom is -0.496 e. The summed E-state index contributed by atoms with van der Waals surface area (Å²) in [5.74, 6) is 0.814. The summed E-state index contributed by atoms with van der Waals surface area (Å²) in [6.07, 6.45) is 1.82. The highest BCUT2D eigenvalue weighted by Gasteiger charge is 2.16. The Kier molecular flexibility index (Phi) is 3.12. The van der Waals surface area contributed by atoms with Crippen molar-refractivity contribution in [3.8, 4) is 27.6 Å². The second-order valence-electron chi connectivity index (χ2n) is 4.85. The zero-order valence-electron chi connectivity index (χ0n) is 11.9. The molecule has 4 nitrogen and oxygen atoms in total. The lowest BCUT2D eigenvalue weighted by molar-refractivity contribution is 0.416. The number of aromatic amines is 1. The largest absolute Gasteiger partial charge is 0.496 e. The van der Waals surface area contributed by atoms with Crippen molar-refractivity contribution in [2.75, 3.05) is 7.11 Å². The molecule has 0 amide bonds. The zero-order valence-corrected chi connectivity index (χ0v) is 12.7. The van der Waals surface area contributed by atoms with Gasteiger partial charge in [-0.1, -0.05) is 24.3 Å². The van der Waals surface area contributed by atoms with Gasteiger partial charge in [-0.3, -0.25) is 5.10 Å². The van der Waals surface area contributed by atoms with Crippen LogP contribution in [0.25, 0.3) is 32.0 Å². The predicted molar refractivity (Wildman–Crippen MR) is 89.2 cm³/mol. The lowest BCUT2D eigenvalue weighted by Gasteiger charge is -2.07. The van der Waals surface area contributed by atoms with Gasteiger partial charge in [0.25, 0.3) is 0 Å². The number of aromatic nitrogens is 3. The fourth-order valence-electron chi connectivity index (χ4n) is 2.49. The molecule has 2 aromatic heterocycles. The first-order valence-corrected chi connectivity index (χ1v) is 7.71. The summed E-state index contributed by atoms with van der Waals surface area (Å²) in [5, 5.41) is 8.24. The van der Waals surface area contributed by atoms with Crippen LogP contribution in [0.3, 0.4) is 0 Å². The summed E-state index contributed by atoms with van der Waals surface area (Å²) in [7, 11) is 1.67. The topological polar surface area (TPSA) is 50.8 Å². The molecular weight excluding hydrogens is 294 g/mol. The van der Waals surface area contributed by atoms with Crippen LogP contribution in [-0.4, -0.2) is 22.3 Å². The van der Waals surface area contributed by atoms with Crippen LogP contribution in [0.4, 0.5) is 0 Å². The Balaban J connectivity index is 1.89. The molecular formula is C17H13N3OS. The van der Waals surface area contributed by atoms with Crippen molar-refractivity contribution in [3.63, 3.8) is 0 Å². The number of hydrogen-bond donors (Lipinski definition) is 1. The van der Waals surface area contributed by atoms with Gasteiger partial charge in [0.2, 0.25) is 0 Å². The van der Waals surface area contributed by atoms with Gasteiger partial charge in [-0.15, -0.1) is 11.3 Å². The van der Waals surface area contributed by atoms with Crippen LogP contribution in [0.5, 0.6) is 5.75 Å². The van der Waals surface area contributed by atoms with E-state index in [4.69, 9.17) is 9.72 Å². The van der Waals surface area contributed by atoms with Gasteiger partial charge in [0.05, 0.1) is 34.8 Å². The molecule has 0 fully saturated rings. The molecule has 0 radical (unpaired) electrons. The first-order chi connectivity index (χ1) is 10.9. The monoisotopic (exact) mass is 307 g/mol. The summed E-state index contributed by atoms with van der Waals surface area (Å²) in [5.41, 5.74) is 3.91. The highest BCUT2D eigenvalue weighted by Crippen LogP contribution is 2.38. The molecule has 0 unspecified atom stereocenters. The first kappa shape index (κ1) is 13.0. The van der Waals surface area contributed by atoms with Crippen molar-refractivity contribution in [2.45, 2.75) is 0 Å². The lowest BCUT2D eigenvalue weighted by atomic mass is 10.1. The Labute approximate surface area is 131 Å². The number of nitrogens with one attached hydrogen (secondary N) is 1. The van der Waals surface area contributed by atoms with Gasteiger partial charge < -0.3 is 4.74 Å². The Bertz CT molecular complexity index is 909. The minimum atomic E-state index is 0.814. The number of nitrogens with zero attached hydrogens (tertiary/aromatic N) is 2. The van der Waals surface area contributed by atoms with Crippen LogP contribution in [0.1, 0.15) is 0 Å². The van der Waals surface area contributed by atoms with Gasteiger partial charge in [0.1, 0.15) is 10.8 Å². The van der Waals surface area contributed by atoms with Crippen molar-refractivity contribution >= 4 is 21.6 Å². The fourth-order valence-corrected chi connectivity index (χ4v) is 3.47. The molecule has 2 heterocycles. The number of thiazole rings is 1. The second-order valence-corrected chi connectivity index (χ2v) is 5.88. The SMILES string of the molecule is COc1ccccc1-c1[nH]ncc1-c1nc2ccccc2s1. The van der Waals surface area contributed by atoms with Gasteiger partial charge in [-0.05, 0) is 24.3 Å². The molecule has 0 aliphatic rings. The van der Waals surface area contributed by atoms with Gasteiger partial charge in [0, 0.05) is 5.56 Å². The Morgan fingerprint density at radius 2 is 1.82 bits per heavy atom. The number of fused-ring (bicyclic) bond motifs is 1. The van der Waals surface area contributed by atoms with E-state index in [1.165, 1.54) is 4.70 Å². The predicted octanol–water partition coefficient (Wildman–Crippen LogP) is 4.36. The molecule has 5 heteroatoms. The lowest BCUT2D eigenvalue weighted by Crippen LogP contribution is -1.89. The maximum Gasteiger partial charge on any atom is 0.128 e. The standard InChI is InChI=1S/C17H13N3OS/c1-21-14-8-4-2-6-11(14)16-12(10-18-20-16)17-19-13-7-3-5-9-15(13)22-17/h2-10H,1H3,(H,18,20). The molecule has 0 saturated carbocycles. The number of para-hydroxylation sites is 2. The van der Waals surface area contributed by atoms with E-state index in [0.29, 0.717) is 0 Å². The van der Waals surface area contributed by atoms with Crippen molar-refractivity contribution in [3.05, 3.63) is 54.7 Å². The van der Waals surface area contributed by atoms with E-state index in [1.54, 1.807) is 18.4 Å². The molecule has 1 N–H and O–H groups in total. The summed E-state index contributed by atoms with van der Waals surface area (Å²) in [6, 6.07) is 16.0. The van der Waals surface area contributed by atoms with Gasteiger partial charge in [-0.2, -0.15) is 5.10 Å². The Morgan fingerprint density at radius 3 is 2.68 bits per heavy atom. The number of ether oxygens (including phenoxy) is 1. The van der Waals surface area contributed by atoms with Crippen molar-refractivity contribution in [1.29, 1.82) is 0 Å². The highest BCUT2D eigenvalue weighted by atomic mass is 32.1. The van der Waals surface area contributed by atoms with E-state index in [9.17, 15) is 0 Å². The molecule has 0 aliphatic heterocycles. The average Bonchev–Trinajstić information content (AvgIpc) is 3.20. The van der Waals surface area contributed by atoms with Crippen LogP contribution < -0.4 is 4.74 Å². The van der Waals surface area contributed by atoms with E-state index in [2.05, 4.69) is 16.3 Å². The van der Waals surface area contributed by atoms with Gasteiger partial charge >= 0.3 is 0 Å². The molecule has 0 spiro atoms. The number of rotatable bonds is 3. The third-order valence-corrected chi connectivity index (χ3v) is 4.61. The number of methoxy groups -OCH3 is 1. The fraction of sp³-hybridized carbons (Fsp3) is 0.0588. The molecule has 0 saturated heterocycles. The first-order valence-electron chi connectivity index (χ1n) is 6.89. The third kappa shape index (κ3) is 2.07. The second kappa shape index (κ2) is 5.27. The van der Waals surface area contributed by atoms with Crippen LogP contribution in [0.15, 0.2) is 54.7 Å². The highest BCUT2D eigenvalue weighted by molar-refractivity contribution is 7.21. The molecule has 0 aliphatic carbocycles. The van der Waals surface area contributed by atoms with Crippen LogP contribution in [0, 0.1) is 0 Å². The summed E-state index contributed by atoms with van der Waals surface area (Å²) in [6.45, 7) is 0. The molecule has 2 aromatic carbocycles. The number of H-pyrrole nitrogens is 1. The number of benzene rings is 2. The summed E-state index contributed by atoms with van der Waals surface area (Å²) in [4.78, 5) is 4.71. The van der Waals surface area contributed by atoms with Crippen molar-refractivity contribution in [1.82, 2.24) is 15.2 Å². The molecule has 4 rings (SSSR count). The summed E-state index contributed by atoms with van der Waals surface area (Å²) < 4.78 is 6.63. The molecule has 0 atom stereocenters. The Morgan fingerprint density at radius 1 is 1.00 bits per heavy atom. The summed E-state index contributed by atoms with van der Waals surface area (Å²) >= 11 is 1.67. The van der Waals surface area contributed by atoms with Crippen LogP contribution in [-0.2, 0) is 0 Å². The van der Waals surface area contributed by atoms with E-state index in [0.717, 1.165) is 33.1 Å². The Hall–Kier alpha value is -2.66.